The molecule has 12 heteroatoms. The van der Waals surface area contributed by atoms with Gasteiger partial charge in [0.15, 0.2) is 0 Å². The predicted octanol–water partition coefficient (Wildman–Crippen LogP) is 5.54. The van der Waals surface area contributed by atoms with Crippen LogP contribution < -0.4 is 5.32 Å². The van der Waals surface area contributed by atoms with Gasteiger partial charge in [-0.25, -0.2) is 4.79 Å². The van der Waals surface area contributed by atoms with Crippen molar-refractivity contribution in [3.63, 3.8) is 0 Å². The van der Waals surface area contributed by atoms with Crippen LogP contribution in [0.4, 0.5) is 11.4 Å². The number of carbonyl (C=O) groups is 3. The molecule has 1 aromatic carbocycles. The molecule has 2 amide bonds. The van der Waals surface area contributed by atoms with Crippen LogP contribution in [0.1, 0.15) is 85.1 Å². The number of aliphatic hydroxyl groups is 1. The van der Waals surface area contributed by atoms with E-state index in [1.165, 1.54) is 18.2 Å². The summed E-state index contributed by atoms with van der Waals surface area (Å²) in [6.45, 7) is 11.5. The summed E-state index contributed by atoms with van der Waals surface area (Å²) < 4.78 is 5.96. The second kappa shape index (κ2) is 13.6. The van der Waals surface area contributed by atoms with Crippen LogP contribution in [0.2, 0.25) is 0 Å². The van der Waals surface area contributed by atoms with Crippen molar-refractivity contribution < 1.29 is 24.2 Å². The highest BCUT2D eigenvalue weighted by Crippen LogP contribution is 2.57. The molecule has 11 nitrogen and oxygen atoms in total. The number of nitrogens with zero attached hydrogens (tertiary/aromatic N) is 3. The number of ether oxygens (including phenoxy) is 1. The van der Waals surface area contributed by atoms with Crippen molar-refractivity contribution in [1.29, 1.82) is 0 Å². The molecule has 0 aromatic heterocycles. The van der Waals surface area contributed by atoms with Crippen LogP contribution in [-0.2, 0) is 25.5 Å². The number of hydrogen-bond donors (Lipinski definition) is 2. The summed E-state index contributed by atoms with van der Waals surface area (Å²) in [4.78, 5) is 64.3. The van der Waals surface area contributed by atoms with Crippen molar-refractivity contribution in [2.45, 2.75) is 110 Å². The number of aliphatic hydroxyl groups excluding tert-OH is 1. The van der Waals surface area contributed by atoms with E-state index in [2.05, 4.69) is 43.4 Å². The summed E-state index contributed by atoms with van der Waals surface area (Å²) in [5, 5.41) is 19.1. The molecule has 3 fully saturated rings. The lowest BCUT2D eigenvalue weighted by atomic mass is 9.66. The van der Waals surface area contributed by atoms with E-state index < -0.39 is 29.6 Å². The fraction of sp³-hybridized carbons (Fsp3) is 0.719. The first-order chi connectivity index (χ1) is 20.7. The Kier molecular flexibility index (Phi) is 10.5. The third-order valence-electron chi connectivity index (χ3n) is 10.7. The van der Waals surface area contributed by atoms with Crippen LogP contribution >= 0.6 is 11.8 Å². The Labute approximate surface area is 263 Å². The van der Waals surface area contributed by atoms with Crippen molar-refractivity contribution in [1.82, 2.24) is 10.2 Å². The van der Waals surface area contributed by atoms with Gasteiger partial charge >= 0.3 is 5.97 Å². The van der Waals surface area contributed by atoms with E-state index in [0.29, 0.717) is 55.2 Å². The van der Waals surface area contributed by atoms with Crippen LogP contribution in [-0.4, -0.2) is 69.6 Å². The molecule has 4 unspecified atom stereocenters. The maximum Gasteiger partial charge on any atom is 0.329 e. The Balaban J connectivity index is 1.42. The summed E-state index contributed by atoms with van der Waals surface area (Å²) in [6, 6.07) is 3.37. The SMILES string of the molecule is CC(CC1CCC(C)(C)C1(C)C)OC(=O)C1CCCN1C(=O)C1(NC(=O)C(O)Cc2ccc(N=O)c(N=O)c2)CCSCC1. The minimum atomic E-state index is -1.52. The van der Waals surface area contributed by atoms with Crippen LogP contribution in [0.15, 0.2) is 28.6 Å². The molecule has 4 atom stereocenters. The molecule has 0 spiro atoms. The van der Waals surface area contributed by atoms with Crippen LogP contribution in [0.5, 0.6) is 0 Å². The Hall–Kier alpha value is -2.86. The Bertz CT molecular complexity index is 1260. The number of esters is 1. The number of nitrogens with one attached hydrogen (secondary N) is 1. The molecular weight excluding hydrogens is 584 g/mol. The van der Waals surface area contributed by atoms with Gasteiger partial charge in [0.2, 0.25) is 11.8 Å². The number of amides is 2. The zero-order chi connectivity index (χ0) is 32.3. The number of hydrogen-bond acceptors (Lipinski definition) is 10. The van der Waals surface area contributed by atoms with Crippen molar-refractivity contribution in [2.24, 2.45) is 27.1 Å². The van der Waals surface area contributed by atoms with Crippen LogP contribution in [0.25, 0.3) is 0 Å². The monoisotopic (exact) mass is 630 g/mol. The van der Waals surface area contributed by atoms with Crippen molar-refractivity contribution in [3.8, 4) is 0 Å². The van der Waals surface area contributed by atoms with Gasteiger partial charge < -0.3 is 20.1 Å². The van der Waals surface area contributed by atoms with Gasteiger partial charge in [-0.15, -0.1) is 9.81 Å². The van der Waals surface area contributed by atoms with Gasteiger partial charge in [0, 0.05) is 13.0 Å². The first kappa shape index (κ1) is 34.0. The van der Waals surface area contributed by atoms with Gasteiger partial charge in [-0.05, 0) is 108 Å². The minimum absolute atomic E-state index is 0.126. The third-order valence-corrected chi connectivity index (χ3v) is 11.7. The maximum absolute atomic E-state index is 14.2. The second-order valence-corrected chi connectivity index (χ2v) is 15.1. The van der Waals surface area contributed by atoms with Gasteiger partial charge in [0.05, 0.1) is 6.10 Å². The topological polar surface area (TPSA) is 155 Å². The number of likely N-dealkylation sites (tertiary alicyclic amines) is 1. The van der Waals surface area contributed by atoms with E-state index in [9.17, 15) is 29.3 Å². The predicted molar refractivity (Wildman–Crippen MR) is 170 cm³/mol. The highest BCUT2D eigenvalue weighted by atomic mass is 32.2. The van der Waals surface area contributed by atoms with Crippen molar-refractivity contribution >= 4 is 40.9 Å². The van der Waals surface area contributed by atoms with E-state index in [1.807, 2.05) is 6.92 Å². The van der Waals surface area contributed by atoms with Gasteiger partial charge in [-0.1, -0.05) is 33.8 Å². The van der Waals surface area contributed by atoms with E-state index in [0.717, 1.165) is 19.3 Å². The molecular formula is C32H46N4O7S. The molecule has 2 heterocycles. The molecule has 2 N–H and O–H groups in total. The molecule has 0 bridgehead atoms. The molecule has 44 heavy (non-hydrogen) atoms. The summed E-state index contributed by atoms with van der Waals surface area (Å²) in [6.07, 6.45) is 2.95. The average Bonchev–Trinajstić information content (AvgIpc) is 3.55. The van der Waals surface area contributed by atoms with Crippen LogP contribution in [0, 0.1) is 26.6 Å². The molecule has 2 aliphatic heterocycles. The average molecular weight is 631 g/mol. The number of carbonyl (C=O) groups excluding carboxylic acids is 3. The second-order valence-electron chi connectivity index (χ2n) is 13.9. The normalized spacial score (nSPS) is 25.1. The summed E-state index contributed by atoms with van der Waals surface area (Å²) in [5.74, 6) is 0.273. The Morgan fingerprint density at radius 1 is 1.07 bits per heavy atom. The lowest BCUT2D eigenvalue weighted by Crippen LogP contribution is -2.64. The molecule has 2 saturated heterocycles. The summed E-state index contributed by atoms with van der Waals surface area (Å²) >= 11 is 1.68. The summed E-state index contributed by atoms with van der Waals surface area (Å²) in [7, 11) is 0. The Morgan fingerprint density at radius 2 is 1.75 bits per heavy atom. The smallest absolute Gasteiger partial charge is 0.329 e. The zero-order valence-corrected chi connectivity index (χ0v) is 27.3. The van der Waals surface area contributed by atoms with E-state index in [4.69, 9.17) is 4.74 Å². The lowest BCUT2D eigenvalue weighted by molar-refractivity contribution is -0.160. The van der Waals surface area contributed by atoms with Gasteiger partial charge in [0.25, 0.3) is 0 Å². The molecule has 1 aromatic rings. The van der Waals surface area contributed by atoms with E-state index in [-0.39, 0.29) is 40.6 Å². The standard InChI is InChI=1S/C32H46N4O7S/c1-20(17-22-10-11-30(2,3)31(22,4)5)43-28(39)25-7-6-14-36(25)29(40)32(12-15-44-16-13-32)33-27(38)26(37)19-21-8-9-23(34-41)24(18-21)35-42/h8-9,18,20,22,25-26,37H,6-7,10-17,19H2,1-5H3,(H,33,38). The lowest BCUT2D eigenvalue weighted by Gasteiger charge is -2.41. The zero-order valence-electron chi connectivity index (χ0n) is 26.5. The minimum Gasteiger partial charge on any atom is -0.461 e. The number of rotatable bonds is 11. The van der Waals surface area contributed by atoms with Gasteiger partial charge in [0.1, 0.15) is 29.1 Å². The molecule has 0 radical (unpaired) electrons. The molecule has 1 saturated carbocycles. The van der Waals surface area contributed by atoms with Crippen LogP contribution in [0.3, 0.4) is 0 Å². The van der Waals surface area contributed by atoms with Gasteiger partial charge in [-0.2, -0.15) is 11.8 Å². The van der Waals surface area contributed by atoms with Crippen molar-refractivity contribution in [3.05, 3.63) is 33.6 Å². The van der Waals surface area contributed by atoms with E-state index >= 15 is 0 Å². The fourth-order valence-electron chi connectivity index (χ4n) is 7.03. The quantitative estimate of drug-likeness (QED) is 0.238. The summed E-state index contributed by atoms with van der Waals surface area (Å²) in [5.41, 5.74) is -0.812. The third kappa shape index (κ3) is 7.01. The highest BCUT2D eigenvalue weighted by Gasteiger charge is 2.50. The van der Waals surface area contributed by atoms with Crippen molar-refractivity contribution in [2.75, 3.05) is 18.1 Å². The molecule has 4 rings (SSSR count). The number of nitroso groups, excluding NO2 is 2. The first-order valence-electron chi connectivity index (χ1n) is 15.6. The largest absolute Gasteiger partial charge is 0.461 e. The maximum atomic E-state index is 14.2. The number of thioether (sulfide) groups is 1. The molecule has 3 aliphatic rings. The highest BCUT2D eigenvalue weighted by molar-refractivity contribution is 7.99. The number of benzene rings is 1. The fourth-order valence-corrected chi connectivity index (χ4v) is 8.22. The molecule has 242 valence electrons. The van der Waals surface area contributed by atoms with E-state index in [1.54, 1.807) is 16.7 Å². The first-order valence-corrected chi connectivity index (χ1v) is 16.8. The molecule has 1 aliphatic carbocycles. The Morgan fingerprint density at radius 3 is 2.36 bits per heavy atom. The van der Waals surface area contributed by atoms with Gasteiger partial charge in [-0.3, -0.25) is 9.59 Å².